The molecule has 2 aliphatic rings. The summed E-state index contributed by atoms with van der Waals surface area (Å²) in [6.45, 7) is 1.60. The van der Waals surface area contributed by atoms with Crippen LogP contribution in [-0.2, 0) is 20.9 Å². The average molecular weight is 525 g/mol. The second kappa shape index (κ2) is 8.95. The number of rotatable bonds is 4. The van der Waals surface area contributed by atoms with E-state index >= 15 is 0 Å². The molecule has 0 bridgehead atoms. The largest absolute Gasteiger partial charge is 0.508 e. The lowest BCUT2D eigenvalue weighted by molar-refractivity contribution is -0.135. The second-order valence-electron chi connectivity index (χ2n) is 8.49. The molecule has 1 saturated heterocycles. The number of imide groups is 3. The fraction of sp³-hybridized carbons (Fsp3) is 0.208. The van der Waals surface area contributed by atoms with E-state index in [9.17, 15) is 29.1 Å². The number of fused-ring (bicyclic) bond motifs is 2. The lowest BCUT2D eigenvalue weighted by atomic mass is 9.82. The van der Waals surface area contributed by atoms with Crippen molar-refractivity contribution >= 4 is 52.5 Å². The zero-order valence-electron chi connectivity index (χ0n) is 18.8. The Morgan fingerprint density at radius 2 is 1.75 bits per heavy atom. The van der Waals surface area contributed by atoms with Crippen molar-refractivity contribution in [3.05, 3.63) is 74.2 Å². The smallest absolute Gasteiger partial charge is 0.328 e. The first kappa shape index (κ1) is 23.8. The van der Waals surface area contributed by atoms with Crippen LogP contribution in [0.2, 0.25) is 0 Å². The molecule has 3 unspecified atom stereocenters. The van der Waals surface area contributed by atoms with Crippen molar-refractivity contribution < 1.29 is 24.3 Å². The highest BCUT2D eigenvalue weighted by atomic mass is 32.2. The van der Waals surface area contributed by atoms with Crippen LogP contribution in [0.15, 0.2) is 58.4 Å². The fourth-order valence-corrected chi connectivity index (χ4v) is 7.30. The molecule has 2 aliphatic heterocycles. The van der Waals surface area contributed by atoms with E-state index in [-0.39, 0.29) is 12.3 Å². The summed E-state index contributed by atoms with van der Waals surface area (Å²) < 4.78 is 1.25. The SMILES string of the molecule is Cc1ccc(NC(=O)Cn2c3c(sc2=O)C(c2ccccc2O)C2C(=O)N(C(N)=O)C(=O)C2S3)cc1. The van der Waals surface area contributed by atoms with Gasteiger partial charge in [-0.25, -0.2) is 4.79 Å². The number of primary amides is 1. The van der Waals surface area contributed by atoms with Crippen LogP contribution >= 0.6 is 23.1 Å². The van der Waals surface area contributed by atoms with Crippen LogP contribution in [0.1, 0.15) is 21.9 Å². The molecule has 2 aromatic carbocycles. The number of aromatic hydroxyl groups is 1. The summed E-state index contributed by atoms with van der Waals surface area (Å²) in [7, 11) is 0. The number of amides is 5. The minimum absolute atomic E-state index is 0.124. The Morgan fingerprint density at radius 3 is 2.42 bits per heavy atom. The third-order valence-electron chi connectivity index (χ3n) is 6.18. The Morgan fingerprint density at radius 1 is 1.06 bits per heavy atom. The zero-order valence-corrected chi connectivity index (χ0v) is 20.5. The first-order valence-corrected chi connectivity index (χ1v) is 12.6. The number of phenols is 1. The molecule has 3 heterocycles. The molecule has 0 saturated carbocycles. The zero-order chi connectivity index (χ0) is 25.7. The molecule has 5 rings (SSSR count). The summed E-state index contributed by atoms with van der Waals surface area (Å²) in [5.74, 6) is -4.08. The first-order chi connectivity index (χ1) is 17.2. The summed E-state index contributed by atoms with van der Waals surface area (Å²) in [6.07, 6.45) is 0. The van der Waals surface area contributed by atoms with E-state index in [0.29, 0.717) is 26.1 Å². The van der Waals surface area contributed by atoms with Gasteiger partial charge in [-0.1, -0.05) is 59.0 Å². The number of nitrogens with one attached hydrogen (secondary N) is 1. The van der Waals surface area contributed by atoms with Crippen molar-refractivity contribution in [2.45, 2.75) is 29.7 Å². The molecular formula is C24H20N4O6S2. The Balaban J connectivity index is 1.57. The van der Waals surface area contributed by atoms with Crippen molar-refractivity contribution in [3.8, 4) is 5.75 Å². The Hall–Kier alpha value is -3.90. The number of aromatic nitrogens is 1. The molecule has 3 aromatic rings. The molecule has 5 amide bonds. The quantitative estimate of drug-likeness (QED) is 0.443. The number of nitrogens with two attached hydrogens (primary N) is 1. The van der Waals surface area contributed by atoms with Gasteiger partial charge in [-0.05, 0) is 25.1 Å². The number of hydrogen-bond donors (Lipinski definition) is 3. The van der Waals surface area contributed by atoms with E-state index in [1.807, 2.05) is 19.1 Å². The topological polar surface area (TPSA) is 152 Å². The Kier molecular flexibility index (Phi) is 5.92. The van der Waals surface area contributed by atoms with Crippen LogP contribution < -0.4 is 15.9 Å². The second-order valence-corrected chi connectivity index (χ2v) is 10.6. The molecule has 1 fully saturated rings. The predicted molar refractivity (Wildman–Crippen MR) is 133 cm³/mol. The third kappa shape index (κ3) is 3.88. The molecule has 10 nitrogen and oxygen atoms in total. The number of thioether (sulfide) groups is 1. The van der Waals surface area contributed by atoms with E-state index in [1.54, 1.807) is 30.3 Å². The molecule has 4 N–H and O–H groups in total. The summed E-state index contributed by atoms with van der Waals surface area (Å²) in [5, 5.41) is 12.6. The number of aryl methyl sites for hydroxylation is 1. The maximum atomic E-state index is 13.2. The number of nitrogens with zero attached hydrogens (tertiary/aromatic N) is 2. The van der Waals surface area contributed by atoms with E-state index < -0.39 is 45.7 Å². The van der Waals surface area contributed by atoms with Crippen molar-refractivity contribution in [1.29, 1.82) is 0 Å². The summed E-state index contributed by atoms with van der Waals surface area (Å²) >= 11 is 1.79. The van der Waals surface area contributed by atoms with Gasteiger partial charge in [0.05, 0.1) is 10.9 Å². The van der Waals surface area contributed by atoms with Gasteiger partial charge in [0.15, 0.2) is 0 Å². The van der Waals surface area contributed by atoms with Crippen LogP contribution in [-0.4, -0.2) is 43.6 Å². The van der Waals surface area contributed by atoms with Gasteiger partial charge >= 0.3 is 10.9 Å². The number of carbonyl (C=O) groups excluding carboxylic acids is 4. The molecule has 0 aliphatic carbocycles. The number of phenolic OH excluding ortho intramolecular Hbond substituents is 1. The monoisotopic (exact) mass is 524 g/mol. The maximum absolute atomic E-state index is 13.2. The van der Waals surface area contributed by atoms with Gasteiger partial charge in [-0.3, -0.25) is 23.7 Å². The average Bonchev–Trinajstić information content (AvgIpc) is 3.27. The van der Waals surface area contributed by atoms with Crippen molar-refractivity contribution in [2.75, 3.05) is 5.32 Å². The summed E-state index contributed by atoms with van der Waals surface area (Å²) in [6, 6.07) is 12.3. The molecule has 1 aromatic heterocycles. The highest BCUT2D eigenvalue weighted by Crippen LogP contribution is 2.54. The standard InChI is InChI=1S/C24H20N4O6S2/c1-11-6-8-12(9-7-11)26-15(30)10-27-22-19(36-24(27)34)16(13-4-2-3-5-14(13)29)17-18(35-22)21(32)28(20(17)31)23(25)33/h2-9,16-18,29H,10H2,1H3,(H2,25,33)(H,26,30). The number of thiazole rings is 1. The van der Waals surface area contributed by atoms with Gasteiger partial charge in [-0.15, -0.1) is 0 Å². The number of likely N-dealkylation sites (tertiary alicyclic amines) is 1. The Labute approximate surface area is 212 Å². The third-order valence-corrected chi connectivity index (χ3v) is 8.78. The van der Waals surface area contributed by atoms with E-state index in [0.717, 1.165) is 28.7 Å². The number of urea groups is 1. The number of hydrogen-bond acceptors (Lipinski definition) is 8. The molecule has 0 spiro atoms. The molecule has 36 heavy (non-hydrogen) atoms. The van der Waals surface area contributed by atoms with Gasteiger partial charge < -0.3 is 16.2 Å². The summed E-state index contributed by atoms with van der Waals surface area (Å²) in [5.41, 5.74) is 7.24. The van der Waals surface area contributed by atoms with E-state index in [2.05, 4.69) is 5.32 Å². The van der Waals surface area contributed by atoms with Crippen molar-refractivity contribution in [2.24, 2.45) is 11.7 Å². The minimum Gasteiger partial charge on any atom is -0.508 e. The van der Waals surface area contributed by atoms with Crippen molar-refractivity contribution in [3.63, 3.8) is 0 Å². The van der Waals surface area contributed by atoms with E-state index in [1.165, 1.54) is 10.6 Å². The lowest BCUT2D eigenvalue weighted by Crippen LogP contribution is -2.41. The van der Waals surface area contributed by atoms with Gasteiger partial charge in [0.25, 0.3) is 5.91 Å². The number of carbonyl (C=O) groups is 4. The van der Waals surface area contributed by atoms with Crippen molar-refractivity contribution in [1.82, 2.24) is 9.47 Å². The normalized spacial score (nSPS) is 20.7. The molecule has 3 atom stereocenters. The first-order valence-electron chi connectivity index (χ1n) is 10.9. The fourth-order valence-electron chi connectivity index (χ4n) is 4.54. The van der Waals surface area contributed by atoms with Crippen LogP contribution in [0, 0.1) is 12.8 Å². The van der Waals surface area contributed by atoms with Gasteiger partial charge in [-0.2, -0.15) is 4.90 Å². The van der Waals surface area contributed by atoms with Crippen LogP contribution in [0.3, 0.4) is 0 Å². The molecule has 184 valence electrons. The van der Waals surface area contributed by atoms with Gasteiger partial charge in [0.2, 0.25) is 11.8 Å². The molecular weight excluding hydrogens is 504 g/mol. The van der Waals surface area contributed by atoms with Gasteiger partial charge in [0, 0.05) is 22.0 Å². The van der Waals surface area contributed by atoms with Crippen LogP contribution in [0.25, 0.3) is 0 Å². The maximum Gasteiger partial charge on any atom is 0.328 e. The summed E-state index contributed by atoms with van der Waals surface area (Å²) in [4.78, 5) is 64.3. The predicted octanol–water partition coefficient (Wildman–Crippen LogP) is 2.23. The van der Waals surface area contributed by atoms with E-state index in [4.69, 9.17) is 5.73 Å². The number of para-hydroxylation sites is 1. The Bertz CT molecular complexity index is 1480. The van der Waals surface area contributed by atoms with Crippen LogP contribution in [0.5, 0.6) is 5.75 Å². The van der Waals surface area contributed by atoms with Gasteiger partial charge in [0.1, 0.15) is 17.5 Å². The highest BCUT2D eigenvalue weighted by molar-refractivity contribution is 8.00. The minimum atomic E-state index is -1.19. The highest BCUT2D eigenvalue weighted by Gasteiger charge is 2.58. The molecule has 0 radical (unpaired) electrons. The lowest BCUT2D eigenvalue weighted by Gasteiger charge is -2.31. The molecule has 12 heteroatoms. The van der Waals surface area contributed by atoms with Crippen LogP contribution in [0.4, 0.5) is 10.5 Å². The number of benzene rings is 2. The number of anilines is 1.